The van der Waals surface area contributed by atoms with Crippen molar-refractivity contribution in [3.8, 4) is 0 Å². The van der Waals surface area contributed by atoms with Crippen molar-refractivity contribution in [1.82, 2.24) is 14.5 Å². The van der Waals surface area contributed by atoms with Gasteiger partial charge in [0.1, 0.15) is 5.82 Å². The molecular formula is C31H39N5O2. The first kappa shape index (κ1) is 24.0. The van der Waals surface area contributed by atoms with Crippen LogP contribution in [0.4, 0.5) is 11.4 Å². The molecule has 1 saturated heterocycles. The number of benzene rings is 2. The number of aromatic nitrogens is 2. The van der Waals surface area contributed by atoms with Gasteiger partial charge in [0.2, 0.25) is 0 Å². The Bertz CT molecular complexity index is 1380. The minimum atomic E-state index is 0.147. The quantitative estimate of drug-likeness (QED) is 0.478. The maximum Gasteiger partial charge on any atom is 0.254 e. The fourth-order valence-corrected chi connectivity index (χ4v) is 6.89. The van der Waals surface area contributed by atoms with Crippen LogP contribution in [0.25, 0.3) is 11.0 Å². The van der Waals surface area contributed by atoms with Gasteiger partial charge in [0.15, 0.2) is 0 Å². The van der Waals surface area contributed by atoms with Gasteiger partial charge < -0.3 is 24.0 Å². The first-order chi connectivity index (χ1) is 18.5. The lowest BCUT2D eigenvalue weighted by Gasteiger charge is -2.34. The third-order valence-corrected chi connectivity index (χ3v) is 9.45. The van der Waals surface area contributed by atoms with Crippen molar-refractivity contribution < 1.29 is 9.53 Å². The molecule has 3 aromatic rings. The summed E-state index contributed by atoms with van der Waals surface area (Å²) in [6, 6.07) is 11.6. The van der Waals surface area contributed by atoms with Crippen molar-refractivity contribution in [2.75, 3.05) is 49.6 Å². The van der Waals surface area contributed by atoms with Crippen molar-refractivity contribution >= 4 is 28.3 Å². The molecule has 3 aliphatic heterocycles. The lowest BCUT2D eigenvalue weighted by Crippen LogP contribution is -2.37. The minimum absolute atomic E-state index is 0.147. The highest BCUT2D eigenvalue weighted by molar-refractivity contribution is 6.00. The molecule has 1 aliphatic carbocycles. The van der Waals surface area contributed by atoms with E-state index in [2.05, 4.69) is 52.6 Å². The fraction of sp³-hybridized carbons (Fsp3) is 0.548. The van der Waals surface area contributed by atoms with E-state index in [0.29, 0.717) is 6.10 Å². The molecule has 2 fully saturated rings. The number of carbonyl (C=O) groups excluding carboxylic acids is 1. The second kappa shape index (κ2) is 9.30. The molecule has 1 amide bonds. The number of anilines is 2. The van der Waals surface area contributed by atoms with Gasteiger partial charge in [-0.3, -0.25) is 4.79 Å². The lowest BCUT2D eigenvalue weighted by atomic mass is 9.98. The number of imidazole rings is 1. The molecule has 1 aromatic heterocycles. The summed E-state index contributed by atoms with van der Waals surface area (Å²) in [4.78, 5) is 25.4. The number of methoxy groups -OCH3 is 1. The predicted molar refractivity (Wildman–Crippen MR) is 151 cm³/mol. The first-order valence-electron chi connectivity index (χ1n) is 14.5. The Hall–Kier alpha value is -3.06. The number of ether oxygens (including phenoxy) is 1. The summed E-state index contributed by atoms with van der Waals surface area (Å²) >= 11 is 0. The van der Waals surface area contributed by atoms with Crippen LogP contribution in [0.15, 0.2) is 30.3 Å². The number of hydrogen-bond donors (Lipinski definition) is 0. The van der Waals surface area contributed by atoms with Crippen molar-refractivity contribution in [2.24, 2.45) is 13.0 Å². The van der Waals surface area contributed by atoms with Gasteiger partial charge >= 0.3 is 0 Å². The Balaban J connectivity index is 1.23. The molecule has 1 unspecified atom stereocenters. The summed E-state index contributed by atoms with van der Waals surface area (Å²) in [6.45, 7) is 6.81. The smallest absolute Gasteiger partial charge is 0.254 e. The molecule has 200 valence electrons. The lowest BCUT2D eigenvalue weighted by molar-refractivity contribution is 0.0749. The van der Waals surface area contributed by atoms with Gasteiger partial charge in [-0.15, -0.1) is 0 Å². The molecule has 7 heteroatoms. The van der Waals surface area contributed by atoms with E-state index >= 15 is 0 Å². The molecule has 0 bridgehead atoms. The second-order valence-corrected chi connectivity index (χ2v) is 11.7. The van der Waals surface area contributed by atoms with E-state index in [4.69, 9.17) is 9.72 Å². The Labute approximate surface area is 225 Å². The van der Waals surface area contributed by atoms with Gasteiger partial charge in [-0.1, -0.05) is 6.07 Å². The van der Waals surface area contributed by atoms with Crippen LogP contribution < -0.4 is 9.80 Å². The number of nitrogens with zero attached hydrogens (tertiary/aromatic N) is 5. The standard InChI is InChI=1S/C31H39N5O2/c1-4-34-12-9-21-15-28-26(18-25(21)31(34)37)32-30(33(28)2)29-16-22-7-8-23(35-13-10-24(38-3)11-14-35)17-27(22)36(29)19-20-5-6-20/h7-8,15,17-18,20,24,29H,4-6,9-14,16,19H2,1-3H3. The number of amides is 1. The molecule has 0 spiro atoms. The van der Waals surface area contributed by atoms with Crippen LogP contribution in [0.5, 0.6) is 0 Å². The third-order valence-electron chi connectivity index (χ3n) is 9.45. The number of fused-ring (bicyclic) bond motifs is 3. The SMILES string of the molecule is CCN1CCc2cc3c(cc2C1=O)nc(C1Cc2ccc(N4CCC(OC)CC4)cc2N1CC1CC1)n3C. The van der Waals surface area contributed by atoms with E-state index < -0.39 is 0 Å². The average Bonchev–Trinajstić information content (AvgIpc) is 3.63. The van der Waals surface area contributed by atoms with E-state index in [9.17, 15) is 4.79 Å². The average molecular weight is 514 g/mol. The Morgan fingerprint density at radius 1 is 1.03 bits per heavy atom. The number of piperidine rings is 1. The fourth-order valence-electron chi connectivity index (χ4n) is 6.89. The normalized spacial score (nSPS) is 21.9. The van der Waals surface area contributed by atoms with Crippen molar-refractivity contribution in [1.29, 1.82) is 0 Å². The van der Waals surface area contributed by atoms with Crippen molar-refractivity contribution in [2.45, 2.75) is 57.6 Å². The molecular weight excluding hydrogens is 474 g/mol. The summed E-state index contributed by atoms with van der Waals surface area (Å²) < 4.78 is 7.89. The molecule has 7 rings (SSSR count). The zero-order valence-electron chi connectivity index (χ0n) is 22.9. The van der Waals surface area contributed by atoms with Gasteiger partial charge in [0.25, 0.3) is 5.91 Å². The molecule has 1 atom stereocenters. The highest BCUT2D eigenvalue weighted by Gasteiger charge is 2.38. The number of carbonyl (C=O) groups is 1. The van der Waals surface area contributed by atoms with Crippen LogP contribution >= 0.6 is 0 Å². The van der Waals surface area contributed by atoms with Crippen LogP contribution in [0.3, 0.4) is 0 Å². The topological polar surface area (TPSA) is 53.8 Å². The van der Waals surface area contributed by atoms with Gasteiger partial charge in [0.05, 0.1) is 23.2 Å². The van der Waals surface area contributed by atoms with E-state index in [1.807, 2.05) is 18.1 Å². The molecule has 4 aliphatic rings. The molecule has 4 heterocycles. The van der Waals surface area contributed by atoms with Crippen LogP contribution in [-0.2, 0) is 24.6 Å². The summed E-state index contributed by atoms with van der Waals surface area (Å²) in [6.07, 6.45) is 7.11. The van der Waals surface area contributed by atoms with E-state index in [-0.39, 0.29) is 11.9 Å². The summed E-state index contributed by atoms with van der Waals surface area (Å²) in [5.41, 5.74) is 8.21. The zero-order valence-corrected chi connectivity index (χ0v) is 22.9. The number of rotatable bonds is 6. The summed E-state index contributed by atoms with van der Waals surface area (Å²) in [5.74, 6) is 2.04. The maximum atomic E-state index is 13.0. The van der Waals surface area contributed by atoms with Crippen LogP contribution in [0, 0.1) is 5.92 Å². The summed E-state index contributed by atoms with van der Waals surface area (Å²) in [7, 11) is 3.99. The molecule has 1 saturated carbocycles. The zero-order chi connectivity index (χ0) is 26.0. The number of aryl methyl sites for hydroxylation is 1. The van der Waals surface area contributed by atoms with Gasteiger partial charge in [-0.05, 0) is 80.3 Å². The highest BCUT2D eigenvalue weighted by atomic mass is 16.5. The Morgan fingerprint density at radius 3 is 2.58 bits per heavy atom. The molecule has 0 radical (unpaired) electrons. The van der Waals surface area contributed by atoms with Gasteiger partial charge in [-0.25, -0.2) is 4.98 Å². The van der Waals surface area contributed by atoms with Crippen molar-refractivity contribution in [3.63, 3.8) is 0 Å². The summed E-state index contributed by atoms with van der Waals surface area (Å²) in [5, 5.41) is 0. The molecule has 7 nitrogen and oxygen atoms in total. The van der Waals surface area contributed by atoms with Gasteiger partial charge in [-0.2, -0.15) is 0 Å². The predicted octanol–water partition coefficient (Wildman–Crippen LogP) is 4.72. The molecule has 38 heavy (non-hydrogen) atoms. The number of hydrogen-bond acceptors (Lipinski definition) is 5. The largest absolute Gasteiger partial charge is 0.381 e. The van der Waals surface area contributed by atoms with Crippen LogP contribution in [0.2, 0.25) is 0 Å². The Morgan fingerprint density at radius 2 is 1.84 bits per heavy atom. The van der Waals surface area contributed by atoms with Crippen LogP contribution in [0.1, 0.15) is 66.0 Å². The van der Waals surface area contributed by atoms with Gasteiger partial charge in [0, 0.05) is 70.2 Å². The third kappa shape index (κ3) is 3.98. The van der Waals surface area contributed by atoms with E-state index in [0.717, 1.165) is 92.3 Å². The molecule has 2 aromatic carbocycles. The van der Waals surface area contributed by atoms with E-state index in [1.54, 1.807) is 0 Å². The Kier molecular flexibility index (Phi) is 5.87. The van der Waals surface area contributed by atoms with Crippen LogP contribution in [-0.4, -0.2) is 66.3 Å². The highest BCUT2D eigenvalue weighted by Crippen LogP contribution is 2.45. The van der Waals surface area contributed by atoms with Crippen molar-refractivity contribution in [3.05, 3.63) is 52.8 Å². The van der Waals surface area contributed by atoms with E-state index in [1.165, 1.54) is 29.8 Å². The molecule has 0 N–H and O–H groups in total. The first-order valence-corrected chi connectivity index (χ1v) is 14.5. The second-order valence-electron chi connectivity index (χ2n) is 11.7. The monoisotopic (exact) mass is 513 g/mol. The minimum Gasteiger partial charge on any atom is -0.381 e. The maximum absolute atomic E-state index is 13.0. The number of likely N-dealkylation sites (N-methyl/N-ethyl adjacent to an activating group) is 1.